The van der Waals surface area contributed by atoms with Crippen molar-refractivity contribution < 1.29 is 10.2 Å². The van der Waals surface area contributed by atoms with Crippen LogP contribution in [0.3, 0.4) is 0 Å². The summed E-state index contributed by atoms with van der Waals surface area (Å²) >= 11 is 3.34. The molecule has 3 nitrogen and oxygen atoms in total. The summed E-state index contributed by atoms with van der Waals surface area (Å²) < 4.78 is 0.738. The van der Waals surface area contributed by atoms with Gasteiger partial charge in [0.1, 0.15) is 5.75 Å². The highest BCUT2D eigenvalue weighted by atomic mass is 79.9. The molecular formula is C14H20BrNO2. The molecule has 4 heteroatoms. The maximum absolute atomic E-state index is 9.99. The third-order valence-electron chi connectivity index (χ3n) is 3.71. The van der Waals surface area contributed by atoms with E-state index in [2.05, 4.69) is 27.8 Å². The predicted molar refractivity (Wildman–Crippen MR) is 75.5 cm³/mol. The van der Waals surface area contributed by atoms with Crippen molar-refractivity contribution in [2.75, 3.05) is 19.7 Å². The molecule has 1 aliphatic rings. The zero-order chi connectivity index (χ0) is 13.2. The second-order valence-corrected chi connectivity index (χ2v) is 6.38. The van der Waals surface area contributed by atoms with E-state index in [-0.39, 0.29) is 12.0 Å². The summed E-state index contributed by atoms with van der Waals surface area (Å²) in [4.78, 5) is 2.31. The largest absolute Gasteiger partial charge is 0.506 e. The van der Waals surface area contributed by atoms with Crippen molar-refractivity contribution in [3.05, 3.63) is 28.2 Å². The number of para-hydroxylation sites is 1. The normalized spacial score (nSPS) is 25.3. The van der Waals surface area contributed by atoms with Gasteiger partial charge in [0.15, 0.2) is 0 Å². The van der Waals surface area contributed by atoms with Crippen LogP contribution in [-0.2, 0) is 6.54 Å². The second kappa shape index (κ2) is 5.59. The Labute approximate surface area is 117 Å². The van der Waals surface area contributed by atoms with Crippen LogP contribution in [0.25, 0.3) is 0 Å². The molecule has 0 aromatic heterocycles. The Kier molecular flexibility index (Phi) is 4.30. The van der Waals surface area contributed by atoms with Gasteiger partial charge in [-0.05, 0) is 41.4 Å². The zero-order valence-electron chi connectivity index (χ0n) is 10.7. The van der Waals surface area contributed by atoms with Crippen LogP contribution in [-0.4, -0.2) is 34.8 Å². The van der Waals surface area contributed by atoms with E-state index in [1.54, 1.807) is 0 Å². The first-order valence-corrected chi connectivity index (χ1v) is 7.13. The minimum Gasteiger partial charge on any atom is -0.506 e. The highest BCUT2D eigenvalue weighted by molar-refractivity contribution is 9.10. The summed E-state index contributed by atoms with van der Waals surface area (Å²) in [6.07, 6.45) is 2.18. The van der Waals surface area contributed by atoms with Gasteiger partial charge < -0.3 is 10.2 Å². The first-order chi connectivity index (χ1) is 8.54. The van der Waals surface area contributed by atoms with Crippen molar-refractivity contribution in [3.63, 3.8) is 0 Å². The minimum absolute atomic E-state index is 0.000118. The predicted octanol–water partition coefficient (Wildman–Crippen LogP) is 2.75. The molecule has 1 fully saturated rings. The molecule has 1 aromatic carbocycles. The smallest absolute Gasteiger partial charge is 0.134 e. The summed E-state index contributed by atoms with van der Waals surface area (Å²) in [6.45, 7) is 5.01. The van der Waals surface area contributed by atoms with Crippen LogP contribution < -0.4 is 0 Å². The van der Waals surface area contributed by atoms with Crippen molar-refractivity contribution >= 4 is 15.9 Å². The maximum Gasteiger partial charge on any atom is 0.134 e. The van der Waals surface area contributed by atoms with E-state index in [0.29, 0.717) is 5.75 Å². The van der Waals surface area contributed by atoms with Gasteiger partial charge in [0.05, 0.1) is 4.47 Å². The van der Waals surface area contributed by atoms with E-state index >= 15 is 0 Å². The number of likely N-dealkylation sites (tertiary alicyclic amines) is 1. The average molecular weight is 314 g/mol. The lowest BCUT2D eigenvalue weighted by Crippen LogP contribution is -2.43. The average Bonchev–Trinajstić information content (AvgIpc) is 2.35. The fraction of sp³-hybridized carbons (Fsp3) is 0.571. The molecule has 0 amide bonds. The van der Waals surface area contributed by atoms with Crippen molar-refractivity contribution in [2.24, 2.45) is 5.41 Å². The summed E-state index contributed by atoms with van der Waals surface area (Å²) in [5.74, 6) is 0.328. The lowest BCUT2D eigenvalue weighted by atomic mass is 9.82. The van der Waals surface area contributed by atoms with Crippen LogP contribution in [0, 0.1) is 5.41 Å². The van der Waals surface area contributed by atoms with Crippen LogP contribution in [0.4, 0.5) is 0 Å². The van der Waals surface area contributed by atoms with Gasteiger partial charge in [0, 0.05) is 30.7 Å². The first kappa shape index (κ1) is 13.8. The molecule has 0 spiro atoms. The van der Waals surface area contributed by atoms with E-state index in [9.17, 15) is 10.2 Å². The highest BCUT2D eigenvalue weighted by Crippen LogP contribution is 2.32. The lowest BCUT2D eigenvalue weighted by Gasteiger charge is -2.39. The quantitative estimate of drug-likeness (QED) is 0.902. The Hall–Kier alpha value is -0.580. The van der Waals surface area contributed by atoms with Crippen molar-refractivity contribution in [1.82, 2.24) is 4.90 Å². The molecule has 1 unspecified atom stereocenters. The van der Waals surface area contributed by atoms with Gasteiger partial charge in [-0.3, -0.25) is 4.90 Å². The lowest BCUT2D eigenvalue weighted by molar-refractivity contribution is 0.0426. The Morgan fingerprint density at radius 2 is 2.22 bits per heavy atom. The summed E-state index contributed by atoms with van der Waals surface area (Å²) in [6, 6.07) is 5.73. The number of hydrogen-bond acceptors (Lipinski definition) is 3. The second-order valence-electron chi connectivity index (χ2n) is 5.53. The molecule has 0 radical (unpaired) electrons. The number of phenols is 1. The minimum atomic E-state index is -0.000118. The molecule has 1 heterocycles. The van der Waals surface area contributed by atoms with E-state index in [0.717, 1.165) is 42.5 Å². The molecule has 1 atom stereocenters. The third-order valence-corrected chi connectivity index (χ3v) is 4.35. The van der Waals surface area contributed by atoms with Crippen LogP contribution >= 0.6 is 15.9 Å². The monoisotopic (exact) mass is 313 g/mol. The van der Waals surface area contributed by atoms with Gasteiger partial charge in [-0.15, -0.1) is 0 Å². The molecule has 1 saturated heterocycles. The number of piperidine rings is 1. The van der Waals surface area contributed by atoms with E-state index in [4.69, 9.17) is 0 Å². The molecular weight excluding hydrogens is 294 g/mol. The van der Waals surface area contributed by atoms with E-state index in [1.165, 1.54) is 0 Å². The van der Waals surface area contributed by atoms with Crippen molar-refractivity contribution in [1.29, 1.82) is 0 Å². The maximum atomic E-state index is 9.99. The zero-order valence-corrected chi connectivity index (χ0v) is 12.3. The van der Waals surface area contributed by atoms with Crippen LogP contribution in [0.2, 0.25) is 0 Å². The van der Waals surface area contributed by atoms with E-state index in [1.807, 2.05) is 18.2 Å². The fourth-order valence-corrected chi connectivity index (χ4v) is 3.03. The number of nitrogens with zero attached hydrogens (tertiary/aromatic N) is 1. The molecule has 0 bridgehead atoms. The number of aliphatic hydroxyl groups is 1. The molecule has 2 rings (SSSR count). The number of benzene rings is 1. The van der Waals surface area contributed by atoms with Gasteiger partial charge >= 0.3 is 0 Å². The summed E-state index contributed by atoms with van der Waals surface area (Å²) in [7, 11) is 0. The Balaban J connectivity index is 2.07. The molecule has 2 N–H and O–H groups in total. The number of rotatable bonds is 3. The van der Waals surface area contributed by atoms with Crippen LogP contribution in [0.5, 0.6) is 5.75 Å². The van der Waals surface area contributed by atoms with Gasteiger partial charge in [-0.2, -0.15) is 0 Å². The molecule has 100 valence electrons. The van der Waals surface area contributed by atoms with Crippen molar-refractivity contribution in [2.45, 2.75) is 26.3 Å². The first-order valence-electron chi connectivity index (χ1n) is 6.34. The van der Waals surface area contributed by atoms with Crippen LogP contribution in [0.1, 0.15) is 25.3 Å². The van der Waals surface area contributed by atoms with Gasteiger partial charge in [0.2, 0.25) is 0 Å². The molecule has 1 aromatic rings. The van der Waals surface area contributed by atoms with Crippen molar-refractivity contribution in [3.8, 4) is 5.75 Å². The third kappa shape index (κ3) is 3.05. The molecule has 0 aliphatic carbocycles. The standard InChI is InChI=1S/C14H20BrNO2/c1-14(10-17)6-3-7-16(9-14)8-11-4-2-5-12(15)13(11)18/h2,4-5,17-18H,3,6-10H2,1H3. The number of aliphatic hydroxyl groups excluding tert-OH is 1. The topological polar surface area (TPSA) is 43.7 Å². The number of halogens is 1. The number of aromatic hydroxyl groups is 1. The van der Waals surface area contributed by atoms with E-state index < -0.39 is 0 Å². The SMILES string of the molecule is CC1(CO)CCCN(Cc2cccc(Br)c2O)C1. The molecule has 18 heavy (non-hydrogen) atoms. The summed E-state index contributed by atoms with van der Waals surface area (Å²) in [5.41, 5.74) is 0.937. The van der Waals surface area contributed by atoms with Gasteiger partial charge in [0.25, 0.3) is 0 Å². The molecule has 1 aliphatic heterocycles. The number of hydrogen-bond donors (Lipinski definition) is 2. The Morgan fingerprint density at radius 3 is 2.94 bits per heavy atom. The fourth-order valence-electron chi connectivity index (χ4n) is 2.62. The highest BCUT2D eigenvalue weighted by Gasteiger charge is 2.30. The Morgan fingerprint density at radius 1 is 1.44 bits per heavy atom. The van der Waals surface area contributed by atoms with Crippen LogP contribution in [0.15, 0.2) is 22.7 Å². The van der Waals surface area contributed by atoms with Gasteiger partial charge in [-0.25, -0.2) is 0 Å². The summed E-state index contributed by atoms with van der Waals surface area (Å²) in [5, 5.41) is 19.4. The van der Waals surface area contributed by atoms with Gasteiger partial charge in [-0.1, -0.05) is 19.1 Å². The Bertz CT molecular complexity index is 424. The molecule has 0 saturated carbocycles. The number of phenolic OH excluding ortho intramolecular Hbond substituents is 1.